The standard InChI is InChI=1S/C16H21ClO/c17-13-16(10-6-1-2-7-11-16)14-18-12-15-8-4-3-5-9-15/h1-5,8-9H,6-7,10-14H2. The molecule has 98 valence electrons. The maximum Gasteiger partial charge on any atom is 0.0717 e. The maximum absolute atomic E-state index is 6.18. The van der Waals surface area contributed by atoms with E-state index in [-0.39, 0.29) is 5.41 Å². The molecule has 0 unspecified atom stereocenters. The molecule has 2 heteroatoms. The third-order valence-electron chi connectivity index (χ3n) is 3.65. The lowest BCUT2D eigenvalue weighted by molar-refractivity contribution is 0.0368. The molecule has 0 saturated carbocycles. The van der Waals surface area contributed by atoms with Gasteiger partial charge in [0.25, 0.3) is 0 Å². The number of ether oxygens (including phenoxy) is 1. The van der Waals surface area contributed by atoms with Gasteiger partial charge in [0.2, 0.25) is 0 Å². The second-order valence-electron chi connectivity index (χ2n) is 5.16. The highest BCUT2D eigenvalue weighted by atomic mass is 35.5. The molecule has 0 aliphatic heterocycles. The van der Waals surface area contributed by atoms with E-state index in [2.05, 4.69) is 24.3 Å². The number of allylic oxidation sites excluding steroid dienone is 2. The Bertz CT molecular complexity index is 362. The van der Waals surface area contributed by atoms with Crippen LogP contribution in [0.2, 0.25) is 0 Å². The minimum absolute atomic E-state index is 0.167. The zero-order valence-electron chi connectivity index (χ0n) is 10.8. The van der Waals surface area contributed by atoms with Crippen molar-refractivity contribution in [3.05, 3.63) is 48.0 Å². The van der Waals surface area contributed by atoms with E-state index >= 15 is 0 Å². The number of halogens is 1. The lowest BCUT2D eigenvalue weighted by atomic mass is 9.83. The van der Waals surface area contributed by atoms with Crippen LogP contribution < -0.4 is 0 Å². The van der Waals surface area contributed by atoms with Crippen molar-refractivity contribution in [2.45, 2.75) is 32.3 Å². The monoisotopic (exact) mass is 264 g/mol. The van der Waals surface area contributed by atoms with E-state index in [4.69, 9.17) is 16.3 Å². The van der Waals surface area contributed by atoms with E-state index < -0.39 is 0 Å². The lowest BCUT2D eigenvalue weighted by Crippen LogP contribution is -2.28. The second-order valence-corrected chi connectivity index (χ2v) is 5.43. The number of hydrogen-bond acceptors (Lipinski definition) is 1. The summed E-state index contributed by atoms with van der Waals surface area (Å²) in [5.41, 5.74) is 1.40. The van der Waals surface area contributed by atoms with E-state index in [1.54, 1.807) is 0 Å². The molecule has 18 heavy (non-hydrogen) atoms. The largest absolute Gasteiger partial charge is 0.376 e. The molecular formula is C16H21ClO. The van der Waals surface area contributed by atoms with E-state index in [9.17, 15) is 0 Å². The average molecular weight is 265 g/mol. The third-order valence-corrected chi connectivity index (χ3v) is 4.22. The highest BCUT2D eigenvalue weighted by Crippen LogP contribution is 2.34. The van der Waals surface area contributed by atoms with Crippen LogP contribution in [-0.2, 0) is 11.3 Å². The van der Waals surface area contributed by atoms with Gasteiger partial charge in [-0.3, -0.25) is 0 Å². The molecule has 0 spiro atoms. The normalized spacial score (nSPS) is 18.5. The molecule has 0 radical (unpaired) electrons. The summed E-state index contributed by atoms with van der Waals surface area (Å²) < 4.78 is 5.90. The van der Waals surface area contributed by atoms with Gasteiger partial charge in [-0.05, 0) is 31.2 Å². The van der Waals surface area contributed by atoms with E-state index in [0.29, 0.717) is 12.5 Å². The highest BCUT2D eigenvalue weighted by molar-refractivity contribution is 6.18. The van der Waals surface area contributed by atoms with Gasteiger partial charge < -0.3 is 4.74 Å². The number of hydrogen-bond donors (Lipinski definition) is 0. The summed E-state index contributed by atoms with van der Waals surface area (Å²) in [6.45, 7) is 1.46. The first-order valence-electron chi connectivity index (χ1n) is 6.67. The molecule has 0 fully saturated rings. The van der Waals surface area contributed by atoms with Gasteiger partial charge in [0.05, 0.1) is 13.2 Å². The highest BCUT2D eigenvalue weighted by Gasteiger charge is 2.29. The van der Waals surface area contributed by atoms with Crippen molar-refractivity contribution >= 4 is 11.6 Å². The molecule has 0 N–H and O–H groups in total. The Morgan fingerprint density at radius 1 is 1.06 bits per heavy atom. The minimum atomic E-state index is 0.167. The topological polar surface area (TPSA) is 9.23 Å². The van der Waals surface area contributed by atoms with Crippen LogP contribution in [0.3, 0.4) is 0 Å². The van der Waals surface area contributed by atoms with Crippen molar-refractivity contribution in [3.8, 4) is 0 Å². The van der Waals surface area contributed by atoms with Crippen molar-refractivity contribution in [2.24, 2.45) is 5.41 Å². The summed E-state index contributed by atoms with van der Waals surface area (Å²) in [5, 5.41) is 0. The first-order chi connectivity index (χ1) is 8.85. The molecule has 0 heterocycles. The molecule has 1 aliphatic carbocycles. The van der Waals surface area contributed by atoms with Gasteiger partial charge in [-0.15, -0.1) is 11.6 Å². The van der Waals surface area contributed by atoms with Crippen LogP contribution >= 0.6 is 11.6 Å². The van der Waals surface area contributed by atoms with Gasteiger partial charge in [-0.1, -0.05) is 42.5 Å². The van der Waals surface area contributed by atoms with Gasteiger partial charge in [-0.25, -0.2) is 0 Å². The van der Waals surface area contributed by atoms with Crippen LogP contribution in [-0.4, -0.2) is 12.5 Å². The van der Waals surface area contributed by atoms with Crippen molar-refractivity contribution < 1.29 is 4.74 Å². The molecule has 1 aliphatic rings. The predicted molar refractivity (Wildman–Crippen MR) is 76.9 cm³/mol. The molecule has 0 atom stereocenters. The molecule has 0 saturated heterocycles. The molecule has 1 aromatic carbocycles. The van der Waals surface area contributed by atoms with Crippen LogP contribution in [0.5, 0.6) is 0 Å². The maximum atomic E-state index is 6.18. The molecule has 1 nitrogen and oxygen atoms in total. The predicted octanol–water partition coefficient (Wildman–Crippen LogP) is 4.56. The zero-order chi connectivity index (χ0) is 12.7. The Balaban J connectivity index is 1.83. The molecule has 0 amide bonds. The van der Waals surface area contributed by atoms with Gasteiger partial charge in [0, 0.05) is 11.3 Å². The smallest absolute Gasteiger partial charge is 0.0717 e. The van der Waals surface area contributed by atoms with Gasteiger partial charge in [-0.2, -0.15) is 0 Å². The fraction of sp³-hybridized carbons (Fsp3) is 0.500. The number of benzene rings is 1. The molecule has 2 rings (SSSR count). The van der Waals surface area contributed by atoms with Crippen LogP contribution in [0.25, 0.3) is 0 Å². The minimum Gasteiger partial charge on any atom is -0.376 e. The van der Waals surface area contributed by atoms with Crippen molar-refractivity contribution in [1.29, 1.82) is 0 Å². The fourth-order valence-corrected chi connectivity index (χ4v) is 2.76. The van der Waals surface area contributed by atoms with E-state index in [0.717, 1.165) is 32.3 Å². The molecular weight excluding hydrogens is 244 g/mol. The van der Waals surface area contributed by atoms with Gasteiger partial charge in [0.1, 0.15) is 0 Å². The Morgan fingerprint density at radius 3 is 2.33 bits per heavy atom. The summed E-state index contributed by atoms with van der Waals surface area (Å²) in [5.74, 6) is 0.698. The van der Waals surface area contributed by atoms with Crippen LogP contribution in [0.4, 0.5) is 0 Å². The van der Waals surface area contributed by atoms with E-state index in [1.807, 2.05) is 18.2 Å². The fourth-order valence-electron chi connectivity index (χ4n) is 2.42. The lowest BCUT2D eigenvalue weighted by Gasteiger charge is -2.30. The average Bonchev–Trinajstić information content (AvgIpc) is 2.66. The van der Waals surface area contributed by atoms with Crippen molar-refractivity contribution in [3.63, 3.8) is 0 Å². The Morgan fingerprint density at radius 2 is 1.72 bits per heavy atom. The summed E-state index contributed by atoms with van der Waals surface area (Å²) in [6.07, 6.45) is 9.07. The summed E-state index contributed by atoms with van der Waals surface area (Å²) in [4.78, 5) is 0. The molecule has 0 aromatic heterocycles. The SMILES string of the molecule is ClCC1(COCc2ccccc2)CCC=CCC1. The quantitative estimate of drug-likeness (QED) is 0.560. The zero-order valence-corrected chi connectivity index (χ0v) is 11.5. The number of rotatable bonds is 5. The second kappa shape index (κ2) is 6.96. The van der Waals surface area contributed by atoms with Crippen molar-refractivity contribution in [1.82, 2.24) is 0 Å². The van der Waals surface area contributed by atoms with Crippen LogP contribution in [0.1, 0.15) is 31.2 Å². The summed E-state index contributed by atoms with van der Waals surface area (Å²) in [7, 11) is 0. The van der Waals surface area contributed by atoms with Crippen LogP contribution in [0.15, 0.2) is 42.5 Å². The third kappa shape index (κ3) is 3.86. The van der Waals surface area contributed by atoms with Crippen LogP contribution in [0, 0.1) is 5.41 Å². The van der Waals surface area contributed by atoms with Crippen molar-refractivity contribution in [2.75, 3.05) is 12.5 Å². The Labute approximate surface area is 115 Å². The molecule has 1 aromatic rings. The first kappa shape index (κ1) is 13.6. The Hall–Kier alpha value is -0.790. The van der Waals surface area contributed by atoms with Gasteiger partial charge >= 0.3 is 0 Å². The van der Waals surface area contributed by atoms with Gasteiger partial charge in [0.15, 0.2) is 0 Å². The first-order valence-corrected chi connectivity index (χ1v) is 7.21. The molecule has 0 bridgehead atoms. The van der Waals surface area contributed by atoms with E-state index in [1.165, 1.54) is 5.56 Å². The summed E-state index contributed by atoms with van der Waals surface area (Å²) >= 11 is 6.18. The Kier molecular flexibility index (Phi) is 5.27. The summed E-state index contributed by atoms with van der Waals surface area (Å²) in [6, 6.07) is 10.3. The number of alkyl halides is 1.